The molecule has 1 aliphatic rings. The Hall–Kier alpha value is -1.56. The monoisotopic (exact) mass is 286 g/mol. The fourth-order valence-electron chi connectivity index (χ4n) is 2.45. The second-order valence-electron chi connectivity index (χ2n) is 5.10. The number of carbonyl (C=O) groups excluding carboxylic acids is 1. The van der Waals surface area contributed by atoms with Crippen molar-refractivity contribution >= 4 is 5.91 Å². The highest BCUT2D eigenvalue weighted by Gasteiger charge is 2.29. The fraction of sp³-hybridized carbons (Fsp3) is 0.500. The number of halogens is 3. The van der Waals surface area contributed by atoms with Crippen LogP contribution in [0.15, 0.2) is 24.3 Å². The molecule has 2 N–H and O–H groups in total. The minimum absolute atomic E-state index is 0.0963. The Morgan fingerprint density at radius 3 is 2.35 bits per heavy atom. The summed E-state index contributed by atoms with van der Waals surface area (Å²) in [6.45, 7) is 0.289. The minimum atomic E-state index is -4.38. The molecule has 1 aromatic rings. The lowest BCUT2D eigenvalue weighted by Crippen LogP contribution is -2.48. The summed E-state index contributed by atoms with van der Waals surface area (Å²) in [4.78, 5) is 11.6. The quantitative estimate of drug-likeness (QED) is 0.886. The van der Waals surface area contributed by atoms with Crippen LogP contribution in [0.1, 0.15) is 18.1 Å². The zero-order chi connectivity index (χ0) is 14.8. The summed E-state index contributed by atoms with van der Waals surface area (Å²) in [6.07, 6.45) is -2.78. The first-order chi connectivity index (χ1) is 9.35. The molecular weight excluding hydrogens is 269 g/mol. The number of fused-ring (bicyclic) bond motifs is 1. The topological polar surface area (TPSA) is 41.1 Å². The van der Waals surface area contributed by atoms with Crippen molar-refractivity contribution in [2.24, 2.45) is 0 Å². The van der Waals surface area contributed by atoms with Crippen molar-refractivity contribution in [3.8, 4) is 0 Å². The van der Waals surface area contributed by atoms with Crippen LogP contribution in [-0.2, 0) is 17.6 Å². The minimum Gasteiger partial charge on any atom is -0.346 e. The van der Waals surface area contributed by atoms with E-state index in [1.54, 1.807) is 6.92 Å². The third-order valence-corrected chi connectivity index (χ3v) is 3.39. The van der Waals surface area contributed by atoms with Crippen LogP contribution in [0.4, 0.5) is 13.2 Å². The SMILES string of the molecule is CC(NC1Cc2ccccc2C1)C(=O)NCC(F)(F)F. The number of amides is 1. The van der Waals surface area contributed by atoms with Crippen LogP contribution in [-0.4, -0.2) is 30.7 Å². The van der Waals surface area contributed by atoms with Gasteiger partial charge in [0, 0.05) is 6.04 Å². The van der Waals surface area contributed by atoms with E-state index in [9.17, 15) is 18.0 Å². The predicted molar refractivity (Wildman–Crippen MR) is 69.3 cm³/mol. The number of nitrogens with one attached hydrogen (secondary N) is 2. The van der Waals surface area contributed by atoms with E-state index in [1.165, 1.54) is 11.1 Å². The van der Waals surface area contributed by atoms with E-state index in [4.69, 9.17) is 0 Å². The van der Waals surface area contributed by atoms with Gasteiger partial charge < -0.3 is 10.6 Å². The van der Waals surface area contributed by atoms with E-state index in [-0.39, 0.29) is 6.04 Å². The number of hydrogen-bond donors (Lipinski definition) is 2. The van der Waals surface area contributed by atoms with Gasteiger partial charge in [-0.25, -0.2) is 0 Å². The van der Waals surface area contributed by atoms with E-state index >= 15 is 0 Å². The van der Waals surface area contributed by atoms with Crippen molar-refractivity contribution in [1.29, 1.82) is 0 Å². The summed E-state index contributed by atoms with van der Waals surface area (Å²) >= 11 is 0. The summed E-state index contributed by atoms with van der Waals surface area (Å²) in [7, 11) is 0. The van der Waals surface area contributed by atoms with Crippen molar-refractivity contribution in [2.75, 3.05) is 6.54 Å². The first-order valence-electron chi connectivity index (χ1n) is 6.52. The maximum Gasteiger partial charge on any atom is 0.405 e. The summed E-state index contributed by atoms with van der Waals surface area (Å²) in [5, 5.41) is 4.97. The van der Waals surface area contributed by atoms with Crippen LogP contribution in [0.2, 0.25) is 0 Å². The molecule has 0 aromatic heterocycles. The van der Waals surface area contributed by atoms with Crippen LogP contribution >= 0.6 is 0 Å². The van der Waals surface area contributed by atoms with Gasteiger partial charge in [0.05, 0.1) is 6.04 Å². The van der Waals surface area contributed by atoms with E-state index in [0.29, 0.717) is 0 Å². The van der Waals surface area contributed by atoms with E-state index in [2.05, 4.69) is 5.32 Å². The standard InChI is InChI=1S/C14H17F3N2O/c1-9(13(20)18-8-14(15,16)17)19-12-6-10-4-2-3-5-11(10)7-12/h2-5,9,12,19H,6-8H2,1H3,(H,18,20). The molecular formula is C14H17F3N2O. The third-order valence-electron chi connectivity index (χ3n) is 3.39. The van der Waals surface area contributed by atoms with Gasteiger partial charge in [0.2, 0.25) is 5.91 Å². The van der Waals surface area contributed by atoms with Gasteiger partial charge in [-0.1, -0.05) is 24.3 Å². The Bertz CT molecular complexity index is 463. The molecule has 3 nitrogen and oxygen atoms in total. The molecule has 0 heterocycles. The smallest absolute Gasteiger partial charge is 0.346 e. The number of alkyl halides is 3. The fourth-order valence-corrected chi connectivity index (χ4v) is 2.45. The lowest BCUT2D eigenvalue weighted by Gasteiger charge is -2.19. The molecule has 6 heteroatoms. The highest BCUT2D eigenvalue weighted by molar-refractivity contribution is 5.81. The molecule has 0 spiro atoms. The Balaban J connectivity index is 1.81. The lowest BCUT2D eigenvalue weighted by atomic mass is 10.1. The van der Waals surface area contributed by atoms with Crippen molar-refractivity contribution in [2.45, 2.75) is 38.0 Å². The highest BCUT2D eigenvalue weighted by Crippen LogP contribution is 2.21. The number of rotatable bonds is 4. The highest BCUT2D eigenvalue weighted by atomic mass is 19.4. The third kappa shape index (κ3) is 3.96. The van der Waals surface area contributed by atoms with E-state index < -0.39 is 24.7 Å². The molecule has 1 amide bonds. The molecule has 0 bridgehead atoms. The Morgan fingerprint density at radius 2 is 1.85 bits per heavy atom. The predicted octanol–water partition coefficient (Wildman–Crippen LogP) is 1.81. The molecule has 1 aromatic carbocycles. The van der Waals surface area contributed by atoms with Crippen LogP contribution in [0.25, 0.3) is 0 Å². The lowest BCUT2D eigenvalue weighted by molar-refractivity contribution is -0.139. The summed E-state index contributed by atoms with van der Waals surface area (Å²) < 4.78 is 36.1. The van der Waals surface area contributed by atoms with Gasteiger partial charge in [0.25, 0.3) is 0 Å². The molecule has 0 saturated heterocycles. The normalized spacial score (nSPS) is 16.8. The summed E-state index contributed by atoms with van der Waals surface area (Å²) in [5.41, 5.74) is 2.46. The van der Waals surface area contributed by atoms with Crippen molar-refractivity contribution in [1.82, 2.24) is 10.6 Å². The Labute approximate surface area is 115 Å². The maximum atomic E-state index is 12.0. The van der Waals surface area contributed by atoms with E-state index in [1.807, 2.05) is 29.6 Å². The van der Waals surface area contributed by atoms with Crippen molar-refractivity contribution < 1.29 is 18.0 Å². The zero-order valence-corrected chi connectivity index (χ0v) is 11.1. The molecule has 0 aliphatic heterocycles. The van der Waals surface area contributed by atoms with Crippen LogP contribution in [0.3, 0.4) is 0 Å². The average Bonchev–Trinajstić information content (AvgIpc) is 2.76. The maximum absolute atomic E-state index is 12.0. The van der Waals surface area contributed by atoms with Gasteiger partial charge in [-0.15, -0.1) is 0 Å². The van der Waals surface area contributed by atoms with Gasteiger partial charge in [-0.05, 0) is 30.9 Å². The van der Waals surface area contributed by atoms with Crippen LogP contribution in [0, 0.1) is 0 Å². The number of hydrogen-bond acceptors (Lipinski definition) is 2. The first-order valence-corrected chi connectivity index (χ1v) is 6.52. The molecule has 110 valence electrons. The van der Waals surface area contributed by atoms with Gasteiger partial charge in [-0.3, -0.25) is 4.79 Å². The average molecular weight is 286 g/mol. The molecule has 1 atom stereocenters. The Kier molecular flexibility index (Phi) is 4.32. The molecule has 20 heavy (non-hydrogen) atoms. The first kappa shape index (κ1) is 14.8. The van der Waals surface area contributed by atoms with Crippen molar-refractivity contribution in [3.63, 3.8) is 0 Å². The molecule has 0 fully saturated rings. The van der Waals surface area contributed by atoms with Gasteiger partial charge >= 0.3 is 6.18 Å². The molecule has 1 unspecified atom stereocenters. The molecule has 2 rings (SSSR count). The van der Waals surface area contributed by atoms with Crippen LogP contribution in [0.5, 0.6) is 0 Å². The zero-order valence-electron chi connectivity index (χ0n) is 11.1. The largest absolute Gasteiger partial charge is 0.405 e. The molecule has 1 aliphatic carbocycles. The number of carbonyl (C=O) groups is 1. The summed E-state index contributed by atoms with van der Waals surface area (Å²) in [6, 6.07) is 7.44. The second-order valence-corrected chi connectivity index (χ2v) is 5.10. The van der Waals surface area contributed by atoms with Gasteiger partial charge in [0.1, 0.15) is 6.54 Å². The second kappa shape index (κ2) is 5.83. The Morgan fingerprint density at radius 1 is 1.30 bits per heavy atom. The van der Waals surface area contributed by atoms with Gasteiger partial charge in [0.15, 0.2) is 0 Å². The van der Waals surface area contributed by atoms with E-state index in [0.717, 1.165) is 12.8 Å². The molecule has 0 radical (unpaired) electrons. The summed E-state index contributed by atoms with van der Waals surface area (Å²) in [5.74, 6) is -0.627. The number of benzene rings is 1. The van der Waals surface area contributed by atoms with Crippen molar-refractivity contribution in [3.05, 3.63) is 35.4 Å². The molecule has 0 saturated carbocycles. The van der Waals surface area contributed by atoms with Gasteiger partial charge in [-0.2, -0.15) is 13.2 Å². The van der Waals surface area contributed by atoms with Crippen LogP contribution < -0.4 is 10.6 Å².